The first kappa shape index (κ1) is 20.1. The molecule has 28 heavy (non-hydrogen) atoms. The molecule has 1 atom stereocenters. The number of carbonyl (C=O) groups excluding carboxylic acids is 1. The van der Waals surface area contributed by atoms with E-state index in [9.17, 15) is 9.59 Å². The van der Waals surface area contributed by atoms with Crippen LogP contribution in [0.25, 0.3) is 11.3 Å². The molecule has 0 saturated carbocycles. The molecule has 7 heteroatoms. The highest BCUT2D eigenvalue weighted by Crippen LogP contribution is 2.33. The molecule has 0 unspecified atom stereocenters. The maximum absolute atomic E-state index is 12.9. The Bertz CT molecular complexity index is 1120. The molecule has 3 rings (SSSR count). The predicted molar refractivity (Wildman–Crippen MR) is 113 cm³/mol. The Morgan fingerprint density at radius 3 is 2.43 bits per heavy atom. The van der Waals surface area contributed by atoms with Crippen molar-refractivity contribution in [1.82, 2.24) is 4.57 Å². The molecule has 1 aromatic carbocycles. The van der Waals surface area contributed by atoms with Crippen LogP contribution in [0.2, 0.25) is 0 Å². The van der Waals surface area contributed by atoms with Gasteiger partial charge in [-0.05, 0) is 45.4 Å². The quantitative estimate of drug-likeness (QED) is 0.741. The minimum absolute atomic E-state index is 0.135. The molecule has 0 N–H and O–H groups in total. The second-order valence-electron chi connectivity index (χ2n) is 7.09. The smallest absolute Gasteiger partial charge is 0.338 e. The zero-order valence-electron chi connectivity index (χ0n) is 17.1. The maximum Gasteiger partial charge on any atom is 0.338 e. The first-order chi connectivity index (χ1) is 13.3. The van der Waals surface area contributed by atoms with Crippen LogP contribution in [0.15, 0.2) is 39.6 Å². The Morgan fingerprint density at radius 2 is 1.89 bits per heavy atom. The summed E-state index contributed by atoms with van der Waals surface area (Å²) in [6, 6.07) is 7.42. The van der Waals surface area contributed by atoms with E-state index in [0.717, 1.165) is 16.8 Å². The predicted octanol–water partition coefficient (Wildman–Crippen LogP) is 2.33. The number of carbonyl (C=O) groups is 1. The van der Waals surface area contributed by atoms with Gasteiger partial charge in [0.1, 0.15) is 6.04 Å². The van der Waals surface area contributed by atoms with Crippen LogP contribution in [-0.4, -0.2) is 31.2 Å². The average Bonchev–Trinajstić information content (AvgIpc) is 2.99. The van der Waals surface area contributed by atoms with Crippen LogP contribution in [0.1, 0.15) is 39.3 Å². The molecule has 0 saturated heterocycles. The minimum atomic E-state index is -0.502. The van der Waals surface area contributed by atoms with Crippen molar-refractivity contribution in [2.24, 2.45) is 4.99 Å². The lowest BCUT2D eigenvalue weighted by Gasteiger charge is -2.23. The van der Waals surface area contributed by atoms with Gasteiger partial charge in [0.05, 0.1) is 16.7 Å². The van der Waals surface area contributed by atoms with Gasteiger partial charge in [-0.1, -0.05) is 29.0 Å². The van der Waals surface area contributed by atoms with Gasteiger partial charge in [0.2, 0.25) is 0 Å². The first-order valence-corrected chi connectivity index (χ1v) is 10.0. The summed E-state index contributed by atoms with van der Waals surface area (Å²) in [7, 11) is 3.95. The molecule has 1 aliphatic rings. The van der Waals surface area contributed by atoms with E-state index in [4.69, 9.17) is 9.73 Å². The van der Waals surface area contributed by atoms with E-state index in [1.54, 1.807) is 13.8 Å². The van der Waals surface area contributed by atoms with Crippen molar-refractivity contribution in [2.75, 3.05) is 25.6 Å². The fraction of sp³-hybridized carbons (Fsp3) is 0.381. The van der Waals surface area contributed by atoms with Crippen LogP contribution >= 0.6 is 11.3 Å². The molecule has 0 radical (unpaired) electrons. The monoisotopic (exact) mass is 399 g/mol. The summed E-state index contributed by atoms with van der Waals surface area (Å²) in [5.41, 5.74) is 3.74. The molecule has 148 valence electrons. The number of hydrogen-bond acceptors (Lipinski definition) is 6. The summed E-state index contributed by atoms with van der Waals surface area (Å²) < 4.78 is 7.48. The second-order valence-corrected chi connectivity index (χ2v) is 8.07. The molecule has 1 aromatic heterocycles. The van der Waals surface area contributed by atoms with Crippen molar-refractivity contribution in [3.05, 3.63) is 55.1 Å². The Balaban J connectivity index is 2.27. The van der Waals surface area contributed by atoms with E-state index < -0.39 is 12.0 Å². The number of anilines is 1. The van der Waals surface area contributed by atoms with Crippen molar-refractivity contribution >= 4 is 34.3 Å². The highest BCUT2D eigenvalue weighted by molar-refractivity contribution is 7.07. The Hall–Kier alpha value is -2.67. The number of esters is 1. The highest BCUT2D eigenvalue weighted by atomic mass is 32.1. The maximum atomic E-state index is 12.9. The number of ether oxygens (including phenoxy) is 1. The second kappa shape index (κ2) is 7.75. The summed E-state index contributed by atoms with van der Waals surface area (Å²) >= 11 is 1.36. The Labute approximate surface area is 168 Å². The summed E-state index contributed by atoms with van der Waals surface area (Å²) in [6.45, 7) is 7.63. The molecule has 0 amide bonds. The van der Waals surface area contributed by atoms with E-state index >= 15 is 0 Å². The minimum Gasteiger partial charge on any atom is -0.463 e. The van der Waals surface area contributed by atoms with Gasteiger partial charge in [-0.2, -0.15) is 0 Å². The van der Waals surface area contributed by atoms with Gasteiger partial charge in [-0.15, -0.1) is 0 Å². The van der Waals surface area contributed by atoms with Crippen LogP contribution in [0, 0.1) is 0 Å². The zero-order valence-corrected chi connectivity index (χ0v) is 17.9. The Morgan fingerprint density at radius 1 is 1.25 bits per heavy atom. The van der Waals surface area contributed by atoms with Crippen LogP contribution in [0.4, 0.5) is 5.69 Å². The number of aromatic nitrogens is 1. The van der Waals surface area contributed by atoms with Crippen molar-refractivity contribution in [3.8, 4) is 0 Å². The summed E-state index contributed by atoms with van der Waals surface area (Å²) in [5, 5.41) is 0. The lowest BCUT2D eigenvalue weighted by Crippen LogP contribution is -2.35. The van der Waals surface area contributed by atoms with Crippen LogP contribution < -0.4 is 19.8 Å². The van der Waals surface area contributed by atoms with Gasteiger partial charge in [0.15, 0.2) is 4.80 Å². The van der Waals surface area contributed by atoms with E-state index in [0.29, 0.717) is 20.6 Å². The highest BCUT2D eigenvalue weighted by Gasteiger charge is 2.31. The topological polar surface area (TPSA) is 63.9 Å². The van der Waals surface area contributed by atoms with E-state index in [1.165, 1.54) is 15.9 Å². The van der Waals surface area contributed by atoms with E-state index in [1.807, 2.05) is 57.1 Å². The number of benzene rings is 1. The van der Waals surface area contributed by atoms with Gasteiger partial charge in [0.25, 0.3) is 5.56 Å². The standard InChI is InChI=1S/C21H25N3O3S/c1-7-27-20(26)16-13(4)24-19(25)18(12(2)3)28-21(24)22-17(16)14-8-10-15(11-9-14)23(5)6/h8-11,17H,7H2,1-6H3/t17-/m0/s1. The number of fused-ring (bicyclic) bond motifs is 1. The Kier molecular flexibility index (Phi) is 5.56. The van der Waals surface area contributed by atoms with Gasteiger partial charge in [-0.3, -0.25) is 9.36 Å². The third-order valence-electron chi connectivity index (χ3n) is 4.69. The molecule has 6 nitrogen and oxygen atoms in total. The lowest BCUT2D eigenvalue weighted by atomic mass is 9.96. The molecule has 0 fully saturated rings. The van der Waals surface area contributed by atoms with Gasteiger partial charge in [0, 0.05) is 25.5 Å². The normalized spacial score (nSPS) is 15.7. The average molecular weight is 400 g/mol. The van der Waals surface area contributed by atoms with Gasteiger partial charge < -0.3 is 9.64 Å². The number of nitrogens with zero attached hydrogens (tertiary/aromatic N) is 3. The van der Waals surface area contributed by atoms with Crippen molar-refractivity contribution < 1.29 is 9.53 Å². The van der Waals surface area contributed by atoms with E-state index in [2.05, 4.69) is 0 Å². The fourth-order valence-corrected chi connectivity index (χ4v) is 4.26. The molecular weight excluding hydrogens is 374 g/mol. The summed E-state index contributed by atoms with van der Waals surface area (Å²) in [4.78, 5) is 33.0. The van der Waals surface area contributed by atoms with Crippen LogP contribution in [0.3, 0.4) is 0 Å². The number of thiazole rings is 1. The largest absolute Gasteiger partial charge is 0.463 e. The number of hydrogen-bond donors (Lipinski definition) is 0. The summed E-state index contributed by atoms with van der Waals surface area (Å²) in [6.07, 6.45) is 0. The molecule has 2 aromatic rings. The van der Waals surface area contributed by atoms with Crippen molar-refractivity contribution in [1.29, 1.82) is 0 Å². The van der Waals surface area contributed by atoms with Gasteiger partial charge in [-0.25, -0.2) is 9.79 Å². The van der Waals surface area contributed by atoms with Crippen molar-refractivity contribution in [3.63, 3.8) is 0 Å². The molecule has 0 spiro atoms. The molecule has 1 aliphatic heterocycles. The number of allylic oxidation sites excluding steroid dienone is 1. The fourth-order valence-electron chi connectivity index (χ4n) is 3.22. The van der Waals surface area contributed by atoms with Crippen LogP contribution in [0.5, 0.6) is 0 Å². The number of rotatable bonds is 4. The van der Waals surface area contributed by atoms with Crippen molar-refractivity contribution in [2.45, 2.75) is 33.7 Å². The zero-order chi connectivity index (χ0) is 20.6. The lowest BCUT2D eigenvalue weighted by molar-refractivity contribution is -0.138. The molecule has 0 bridgehead atoms. The molecule has 0 aliphatic carbocycles. The first-order valence-electron chi connectivity index (χ1n) is 9.19. The summed E-state index contributed by atoms with van der Waals surface area (Å²) in [5.74, 6) is -0.437. The third kappa shape index (κ3) is 3.42. The SMILES string of the molecule is CCOC(=O)C1=C(C)n2c(sc(=C(C)C)c2=O)=N[C@H]1c1ccc(N(C)C)cc1. The van der Waals surface area contributed by atoms with E-state index in [-0.39, 0.29) is 12.2 Å². The molecule has 2 heterocycles. The molecular formula is C21H25N3O3S. The van der Waals surface area contributed by atoms with Gasteiger partial charge >= 0.3 is 5.97 Å². The van der Waals surface area contributed by atoms with Crippen LogP contribution in [-0.2, 0) is 9.53 Å². The third-order valence-corrected chi connectivity index (χ3v) is 5.95.